The van der Waals surface area contributed by atoms with E-state index in [2.05, 4.69) is 9.97 Å². The van der Waals surface area contributed by atoms with E-state index in [9.17, 15) is 9.59 Å². The fourth-order valence-corrected chi connectivity index (χ4v) is 1.81. The number of nitrogens with zero attached hydrogens (tertiary/aromatic N) is 1. The molecule has 2 rings (SSSR count). The van der Waals surface area contributed by atoms with Gasteiger partial charge in [0, 0.05) is 29.2 Å². The highest BCUT2D eigenvalue weighted by Gasteiger charge is 2.12. The third-order valence-corrected chi connectivity index (χ3v) is 2.71. The van der Waals surface area contributed by atoms with Crippen molar-refractivity contribution in [3.63, 3.8) is 0 Å². The first kappa shape index (κ1) is 12.0. The van der Waals surface area contributed by atoms with Gasteiger partial charge < -0.3 is 10.7 Å². The molecule has 2 heterocycles. The topological polar surface area (TPSA) is 88.8 Å². The number of H-pyrrole nitrogens is 1. The number of pyridine rings is 2. The Balaban J connectivity index is 2.69. The molecule has 0 aliphatic heterocycles. The van der Waals surface area contributed by atoms with Gasteiger partial charge in [0.1, 0.15) is 5.56 Å². The van der Waals surface area contributed by atoms with Gasteiger partial charge in [-0.3, -0.25) is 14.6 Å². The fourth-order valence-electron chi connectivity index (χ4n) is 1.81. The molecule has 0 saturated heterocycles. The molecule has 5 heteroatoms. The van der Waals surface area contributed by atoms with Crippen molar-refractivity contribution < 1.29 is 4.79 Å². The standard InChI is InChI=1S/C13H13N3O2/c1-2-11-9(8-4-3-5-15-7-8)6-10(12(14)17)13(18)16-11/h3-7H,2H2,1H3,(H2,14,17)(H,16,18). The van der Waals surface area contributed by atoms with E-state index in [-0.39, 0.29) is 5.56 Å². The number of carbonyl (C=O) groups excluding carboxylic acids is 1. The van der Waals surface area contributed by atoms with Crippen molar-refractivity contribution in [2.45, 2.75) is 13.3 Å². The minimum Gasteiger partial charge on any atom is -0.365 e. The number of nitrogens with two attached hydrogens (primary N) is 1. The predicted molar refractivity (Wildman–Crippen MR) is 68.2 cm³/mol. The number of hydrogen-bond donors (Lipinski definition) is 2. The Bertz CT molecular complexity index is 632. The van der Waals surface area contributed by atoms with Crippen LogP contribution in [0.4, 0.5) is 0 Å². The van der Waals surface area contributed by atoms with E-state index in [0.717, 1.165) is 16.8 Å². The number of primary amides is 1. The Kier molecular flexibility index (Phi) is 3.23. The molecule has 2 aromatic heterocycles. The van der Waals surface area contributed by atoms with Crippen LogP contribution in [0.2, 0.25) is 0 Å². The second kappa shape index (κ2) is 4.83. The number of hydrogen-bond acceptors (Lipinski definition) is 3. The molecule has 0 aromatic carbocycles. The zero-order valence-electron chi connectivity index (χ0n) is 9.93. The molecule has 92 valence electrons. The summed E-state index contributed by atoms with van der Waals surface area (Å²) in [5.41, 5.74) is 7.07. The zero-order chi connectivity index (χ0) is 13.1. The Morgan fingerprint density at radius 1 is 1.50 bits per heavy atom. The molecule has 2 aromatic rings. The van der Waals surface area contributed by atoms with Gasteiger partial charge in [0.25, 0.3) is 11.5 Å². The Morgan fingerprint density at radius 3 is 2.83 bits per heavy atom. The highest BCUT2D eigenvalue weighted by atomic mass is 16.2. The number of amides is 1. The normalized spacial score (nSPS) is 10.3. The van der Waals surface area contributed by atoms with Crippen LogP contribution < -0.4 is 11.3 Å². The maximum absolute atomic E-state index is 11.7. The minimum atomic E-state index is -0.732. The van der Waals surface area contributed by atoms with Crippen LogP contribution in [0, 0.1) is 0 Å². The predicted octanol–water partition coefficient (Wildman–Crippen LogP) is 1.10. The van der Waals surface area contributed by atoms with E-state index in [4.69, 9.17) is 5.73 Å². The molecular formula is C13H13N3O2. The average molecular weight is 243 g/mol. The molecule has 0 aliphatic rings. The van der Waals surface area contributed by atoms with E-state index >= 15 is 0 Å². The van der Waals surface area contributed by atoms with Gasteiger partial charge in [-0.2, -0.15) is 0 Å². The van der Waals surface area contributed by atoms with Crippen LogP contribution in [0.1, 0.15) is 23.0 Å². The highest BCUT2D eigenvalue weighted by Crippen LogP contribution is 2.21. The lowest BCUT2D eigenvalue weighted by Gasteiger charge is -2.08. The van der Waals surface area contributed by atoms with Crippen molar-refractivity contribution in [2.24, 2.45) is 5.73 Å². The first-order valence-corrected chi connectivity index (χ1v) is 5.60. The van der Waals surface area contributed by atoms with Crippen molar-refractivity contribution in [3.05, 3.63) is 52.2 Å². The van der Waals surface area contributed by atoms with Crippen molar-refractivity contribution in [2.75, 3.05) is 0 Å². The maximum Gasteiger partial charge on any atom is 0.261 e. The van der Waals surface area contributed by atoms with E-state index in [1.54, 1.807) is 18.5 Å². The molecule has 0 fully saturated rings. The van der Waals surface area contributed by atoms with Crippen LogP contribution in [0.5, 0.6) is 0 Å². The summed E-state index contributed by atoms with van der Waals surface area (Å²) in [6.45, 7) is 1.93. The van der Waals surface area contributed by atoms with Crippen LogP contribution in [-0.2, 0) is 6.42 Å². The zero-order valence-corrected chi connectivity index (χ0v) is 9.93. The van der Waals surface area contributed by atoms with Crippen LogP contribution in [0.25, 0.3) is 11.1 Å². The molecule has 0 aliphatic carbocycles. The van der Waals surface area contributed by atoms with Gasteiger partial charge >= 0.3 is 0 Å². The molecule has 18 heavy (non-hydrogen) atoms. The quantitative estimate of drug-likeness (QED) is 0.845. The van der Waals surface area contributed by atoms with E-state index in [1.807, 2.05) is 13.0 Å². The first-order chi connectivity index (χ1) is 8.63. The lowest BCUT2D eigenvalue weighted by molar-refractivity contribution is 0.0999. The summed E-state index contributed by atoms with van der Waals surface area (Å²) in [5, 5.41) is 0. The smallest absolute Gasteiger partial charge is 0.261 e. The van der Waals surface area contributed by atoms with E-state index in [1.165, 1.54) is 6.07 Å². The van der Waals surface area contributed by atoms with Crippen LogP contribution in [-0.4, -0.2) is 15.9 Å². The molecule has 1 amide bonds. The molecule has 5 nitrogen and oxygen atoms in total. The van der Waals surface area contributed by atoms with Gasteiger partial charge in [0.2, 0.25) is 0 Å². The second-order valence-corrected chi connectivity index (χ2v) is 3.86. The number of carbonyl (C=O) groups is 1. The summed E-state index contributed by atoms with van der Waals surface area (Å²) >= 11 is 0. The molecular weight excluding hydrogens is 230 g/mol. The number of aryl methyl sites for hydroxylation is 1. The summed E-state index contributed by atoms with van der Waals surface area (Å²) < 4.78 is 0. The largest absolute Gasteiger partial charge is 0.365 e. The monoisotopic (exact) mass is 243 g/mol. The summed E-state index contributed by atoms with van der Waals surface area (Å²) in [7, 11) is 0. The van der Waals surface area contributed by atoms with Crippen LogP contribution in [0.15, 0.2) is 35.4 Å². The Labute approximate surface area is 104 Å². The molecule has 0 saturated carbocycles. The van der Waals surface area contributed by atoms with Crippen molar-refractivity contribution in [1.29, 1.82) is 0 Å². The molecule has 0 unspecified atom stereocenters. The van der Waals surface area contributed by atoms with Crippen molar-refractivity contribution in [3.8, 4) is 11.1 Å². The molecule has 0 bridgehead atoms. The summed E-state index contributed by atoms with van der Waals surface area (Å²) in [4.78, 5) is 29.6. The summed E-state index contributed by atoms with van der Waals surface area (Å²) in [6.07, 6.45) is 3.99. The summed E-state index contributed by atoms with van der Waals surface area (Å²) in [5.74, 6) is -0.732. The van der Waals surface area contributed by atoms with Gasteiger partial charge in [-0.15, -0.1) is 0 Å². The van der Waals surface area contributed by atoms with Gasteiger partial charge in [0.05, 0.1) is 0 Å². The maximum atomic E-state index is 11.7. The second-order valence-electron chi connectivity index (χ2n) is 3.86. The summed E-state index contributed by atoms with van der Waals surface area (Å²) in [6, 6.07) is 5.19. The number of aromatic nitrogens is 2. The lowest BCUT2D eigenvalue weighted by atomic mass is 10.0. The average Bonchev–Trinajstić information content (AvgIpc) is 2.39. The Morgan fingerprint density at radius 2 is 2.28 bits per heavy atom. The fraction of sp³-hybridized carbons (Fsp3) is 0.154. The first-order valence-electron chi connectivity index (χ1n) is 5.60. The number of aromatic amines is 1. The van der Waals surface area contributed by atoms with E-state index in [0.29, 0.717) is 6.42 Å². The van der Waals surface area contributed by atoms with E-state index < -0.39 is 11.5 Å². The number of rotatable bonds is 3. The lowest BCUT2D eigenvalue weighted by Crippen LogP contribution is -2.24. The Hall–Kier alpha value is -2.43. The third-order valence-electron chi connectivity index (χ3n) is 2.71. The van der Waals surface area contributed by atoms with Crippen LogP contribution >= 0.6 is 0 Å². The third kappa shape index (κ3) is 2.15. The van der Waals surface area contributed by atoms with Gasteiger partial charge in [-0.05, 0) is 18.6 Å². The van der Waals surface area contributed by atoms with Crippen molar-refractivity contribution in [1.82, 2.24) is 9.97 Å². The molecule has 0 atom stereocenters. The molecule has 3 N–H and O–H groups in total. The molecule has 0 radical (unpaired) electrons. The van der Waals surface area contributed by atoms with Crippen molar-refractivity contribution >= 4 is 5.91 Å². The SMILES string of the molecule is CCc1[nH]c(=O)c(C(N)=O)cc1-c1cccnc1. The number of nitrogens with one attached hydrogen (secondary N) is 1. The van der Waals surface area contributed by atoms with Gasteiger partial charge in [-0.1, -0.05) is 13.0 Å². The van der Waals surface area contributed by atoms with Crippen LogP contribution in [0.3, 0.4) is 0 Å². The van der Waals surface area contributed by atoms with Gasteiger partial charge in [-0.25, -0.2) is 0 Å². The highest BCUT2D eigenvalue weighted by molar-refractivity contribution is 5.93. The van der Waals surface area contributed by atoms with Gasteiger partial charge in [0.15, 0.2) is 0 Å². The minimum absolute atomic E-state index is 0.0361. The molecule has 0 spiro atoms.